The van der Waals surface area contributed by atoms with E-state index < -0.39 is 0 Å². The molecule has 0 bridgehead atoms. The van der Waals surface area contributed by atoms with Crippen LogP contribution in [0.4, 0.5) is 0 Å². The van der Waals surface area contributed by atoms with Crippen LogP contribution in [0.2, 0.25) is 0 Å². The molecule has 0 N–H and O–H groups in total. The Balaban J connectivity index is 1.83. The molecule has 0 radical (unpaired) electrons. The van der Waals surface area contributed by atoms with Gasteiger partial charge in [-0.3, -0.25) is 9.98 Å². The SMILES string of the molecule is c1ccc(-c2ccccc2C2=NCCCO2)c(C2=NCCCO2)c1. The monoisotopic (exact) mass is 320 g/mol. The van der Waals surface area contributed by atoms with Crippen LogP contribution in [-0.2, 0) is 9.47 Å². The van der Waals surface area contributed by atoms with Gasteiger partial charge in [0.1, 0.15) is 0 Å². The standard InChI is InChI=1S/C20H20N2O2/c1-3-9-17(19-21-11-5-13-23-19)15(7-1)16-8-2-4-10-18(16)20-22-12-6-14-24-20/h1-4,7-10H,5-6,11-14H2. The van der Waals surface area contributed by atoms with Gasteiger partial charge in [-0.2, -0.15) is 0 Å². The number of benzene rings is 2. The molecule has 0 saturated heterocycles. The van der Waals surface area contributed by atoms with Gasteiger partial charge in [0, 0.05) is 37.1 Å². The molecule has 0 saturated carbocycles. The lowest BCUT2D eigenvalue weighted by Gasteiger charge is -2.20. The Labute approximate surface area is 141 Å². The first kappa shape index (κ1) is 14.9. The Morgan fingerprint density at radius 2 is 1.00 bits per heavy atom. The zero-order valence-corrected chi connectivity index (χ0v) is 13.6. The van der Waals surface area contributed by atoms with Gasteiger partial charge in [-0.1, -0.05) is 36.4 Å². The maximum absolute atomic E-state index is 5.80. The summed E-state index contributed by atoms with van der Waals surface area (Å²) in [4.78, 5) is 9.12. The molecule has 0 fully saturated rings. The Hall–Kier alpha value is -2.62. The molecule has 0 unspecified atom stereocenters. The van der Waals surface area contributed by atoms with Gasteiger partial charge in [0.15, 0.2) is 0 Å². The quantitative estimate of drug-likeness (QED) is 0.865. The van der Waals surface area contributed by atoms with Crippen LogP contribution in [0.25, 0.3) is 11.1 Å². The van der Waals surface area contributed by atoms with E-state index in [2.05, 4.69) is 34.3 Å². The number of rotatable bonds is 3. The molecule has 0 atom stereocenters. The van der Waals surface area contributed by atoms with Gasteiger partial charge in [-0.05, 0) is 23.3 Å². The van der Waals surface area contributed by atoms with Crippen molar-refractivity contribution < 1.29 is 9.47 Å². The topological polar surface area (TPSA) is 43.2 Å². The number of nitrogens with zero attached hydrogens (tertiary/aromatic N) is 2. The van der Waals surface area contributed by atoms with E-state index in [-0.39, 0.29) is 0 Å². The van der Waals surface area contributed by atoms with Crippen molar-refractivity contribution in [3.8, 4) is 11.1 Å². The molecule has 4 nitrogen and oxygen atoms in total. The molecule has 2 aliphatic rings. The lowest BCUT2D eigenvalue weighted by molar-refractivity contribution is 0.283. The third kappa shape index (κ3) is 2.92. The van der Waals surface area contributed by atoms with E-state index in [4.69, 9.17) is 9.47 Å². The normalized spacial score (nSPS) is 17.3. The molecular formula is C20H20N2O2. The van der Waals surface area contributed by atoms with Crippen LogP contribution in [0.1, 0.15) is 24.0 Å². The molecule has 122 valence electrons. The van der Waals surface area contributed by atoms with E-state index >= 15 is 0 Å². The third-order valence-corrected chi connectivity index (χ3v) is 4.20. The molecule has 4 rings (SSSR count). The fourth-order valence-corrected chi connectivity index (χ4v) is 3.05. The van der Waals surface area contributed by atoms with Crippen LogP contribution in [0.5, 0.6) is 0 Å². The smallest absolute Gasteiger partial charge is 0.216 e. The Kier molecular flexibility index (Phi) is 4.28. The summed E-state index contributed by atoms with van der Waals surface area (Å²) in [5.74, 6) is 1.47. The molecule has 0 spiro atoms. The predicted molar refractivity (Wildman–Crippen MR) is 95.8 cm³/mol. The van der Waals surface area contributed by atoms with Crippen LogP contribution in [0.3, 0.4) is 0 Å². The molecule has 0 aliphatic carbocycles. The first-order valence-corrected chi connectivity index (χ1v) is 8.47. The van der Waals surface area contributed by atoms with Gasteiger partial charge in [0.05, 0.1) is 13.2 Å². The summed E-state index contributed by atoms with van der Waals surface area (Å²) in [6, 6.07) is 16.5. The van der Waals surface area contributed by atoms with Crippen molar-refractivity contribution in [1.82, 2.24) is 0 Å². The fourth-order valence-electron chi connectivity index (χ4n) is 3.05. The molecule has 0 amide bonds. The van der Waals surface area contributed by atoms with Crippen LogP contribution in [0.15, 0.2) is 58.5 Å². The summed E-state index contributed by atoms with van der Waals surface area (Å²) >= 11 is 0. The zero-order chi connectivity index (χ0) is 16.2. The lowest BCUT2D eigenvalue weighted by Crippen LogP contribution is -2.17. The molecule has 0 aromatic heterocycles. The highest BCUT2D eigenvalue weighted by molar-refractivity contribution is 6.06. The van der Waals surface area contributed by atoms with Crippen LogP contribution >= 0.6 is 0 Å². The van der Waals surface area contributed by atoms with Crippen LogP contribution in [-0.4, -0.2) is 38.1 Å². The maximum Gasteiger partial charge on any atom is 0.216 e. The highest BCUT2D eigenvalue weighted by atomic mass is 16.5. The van der Waals surface area contributed by atoms with Gasteiger partial charge < -0.3 is 9.47 Å². The van der Waals surface area contributed by atoms with E-state index in [1.165, 1.54) is 0 Å². The Bertz CT molecular complexity index is 728. The molecule has 2 heterocycles. The molecule has 2 aromatic rings. The van der Waals surface area contributed by atoms with Gasteiger partial charge >= 0.3 is 0 Å². The van der Waals surface area contributed by atoms with E-state index in [9.17, 15) is 0 Å². The van der Waals surface area contributed by atoms with Crippen molar-refractivity contribution in [2.75, 3.05) is 26.3 Å². The molecular weight excluding hydrogens is 300 g/mol. The van der Waals surface area contributed by atoms with Crippen LogP contribution in [0, 0.1) is 0 Å². The summed E-state index contributed by atoms with van der Waals surface area (Å²) in [7, 11) is 0. The van der Waals surface area contributed by atoms with Gasteiger partial charge in [-0.15, -0.1) is 0 Å². The van der Waals surface area contributed by atoms with Crippen molar-refractivity contribution in [3.05, 3.63) is 59.7 Å². The van der Waals surface area contributed by atoms with Crippen molar-refractivity contribution in [3.63, 3.8) is 0 Å². The average molecular weight is 320 g/mol. The minimum Gasteiger partial charge on any atom is -0.477 e. The van der Waals surface area contributed by atoms with Crippen molar-refractivity contribution >= 4 is 11.8 Å². The number of hydrogen-bond acceptors (Lipinski definition) is 4. The summed E-state index contributed by atoms with van der Waals surface area (Å²) < 4.78 is 11.6. The molecule has 2 aromatic carbocycles. The van der Waals surface area contributed by atoms with Crippen molar-refractivity contribution in [2.45, 2.75) is 12.8 Å². The van der Waals surface area contributed by atoms with Gasteiger partial charge in [0.25, 0.3) is 0 Å². The van der Waals surface area contributed by atoms with Gasteiger partial charge in [-0.25, -0.2) is 0 Å². The summed E-state index contributed by atoms with van der Waals surface area (Å²) in [6.07, 6.45) is 1.96. The predicted octanol–water partition coefficient (Wildman–Crippen LogP) is 3.69. The summed E-state index contributed by atoms with van der Waals surface area (Å²) in [5, 5.41) is 0. The minimum atomic E-state index is 0.727. The highest BCUT2D eigenvalue weighted by Crippen LogP contribution is 2.29. The van der Waals surface area contributed by atoms with E-state index in [0.717, 1.165) is 73.2 Å². The lowest BCUT2D eigenvalue weighted by atomic mass is 9.94. The van der Waals surface area contributed by atoms with E-state index in [1.54, 1.807) is 0 Å². The first-order chi connectivity index (χ1) is 11.9. The number of hydrogen-bond donors (Lipinski definition) is 0. The molecule has 2 aliphatic heterocycles. The summed E-state index contributed by atoms with van der Waals surface area (Å²) in [5.41, 5.74) is 4.26. The van der Waals surface area contributed by atoms with Crippen molar-refractivity contribution in [2.24, 2.45) is 9.98 Å². The minimum absolute atomic E-state index is 0.727. The van der Waals surface area contributed by atoms with E-state index in [1.807, 2.05) is 24.3 Å². The second-order valence-electron chi connectivity index (χ2n) is 5.87. The summed E-state index contributed by atoms with van der Waals surface area (Å²) in [6.45, 7) is 3.09. The Morgan fingerprint density at radius 3 is 1.38 bits per heavy atom. The van der Waals surface area contributed by atoms with Gasteiger partial charge in [0.2, 0.25) is 11.8 Å². The number of aliphatic imine (C=N–C) groups is 2. The largest absolute Gasteiger partial charge is 0.477 e. The fraction of sp³-hybridized carbons (Fsp3) is 0.300. The number of ether oxygens (including phenoxy) is 2. The van der Waals surface area contributed by atoms with Crippen LogP contribution < -0.4 is 0 Å². The second kappa shape index (κ2) is 6.87. The molecule has 24 heavy (non-hydrogen) atoms. The van der Waals surface area contributed by atoms with Crippen molar-refractivity contribution in [1.29, 1.82) is 0 Å². The average Bonchev–Trinajstić information content (AvgIpc) is 2.69. The molecule has 4 heteroatoms. The van der Waals surface area contributed by atoms with E-state index in [0.29, 0.717) is 0 Å². The first-order valence-electron chi connectivity index (χ1n) is 8.47. The third-order valence-electron chi connectivity index (χ3n) is 4.20. The highest BCUT2D eigenvalue weighted by Gasteiger charge is 2.19. The second-order valence-corrected chi connectivity index (χ2v) is 5.87. The maximum atomic E-state index is 5.80. The Morgan fingerprint density at radius 1 is 0.583 bits per heavy atom. The zero-order valence-electron chi connectivity index (χ0n) is 13.6.